The quantitative estimate of drug-likeness (QED) is 0.192. The Morgan fingerprint density at radius 1 is 0.420 bits per heavy atom. The molecule has 4 heteroatoms. The minimum Gasteiger partial charge on any atom is -0.453 e. The first-order valence-corrected chi connectivity index (χ1v) is 17.1. The van der Waals surface area contributed by atoms with Crippen LogP contribution in [0.4, 0.5) is 17.1 Å². The maximum Gasteiger partial charge on any atom is 0.160 e. The number of hydrogen-bond acceptors (Lipinski definition) is 4. The molecule has 0 fully saturated rings. The third kappa shape index (κ3) is 4.92. The molecule has 0 spiro atoms. The van der Waals surface area contributed by atoms with E-state index in [9.17, 15) is 0 Å². The molecule has 0 saturated heterocycles. The van der Waals surface area contributed by atoms with Crippen molar-refractivity contribution in [2.45, 2.75) is 12.8 Å². The van der Waals surface area contributed by atoms with Gasteiger partial charge in [0.05, 0.1) is 22.8 Å². The molecule has 0 unspecified atom stereocenters. The normalized spacial score (nSPS) is 12.8. The van der Waals surface area contributed by atoms with Crippen LogP contribution in [0.15, 0.2) is 164 Å². The number of ether oxygens (including phenoxy) is 1. The van der Waals surface area contributed by atoms with Gasteiger partial charge in [0.2, 0.25) is 0 Å². The van der Waals surface area contributed by atoms with Crippen molar-refractivity contribution in [3.63, 3.8) is 0 Å². The predicted octanol–water partition coefficient (Wildman–Crippen LogP) is 11.7. The van der Waals surface area contributed by atoms with Crippen LogP contribution in [0, 0.1) is 0 Å². The second-order valence-electron chi connectivity index (χ2n) is 13.1. The largest absolute Gasteiger partial charge is 0.453 e. The number of nitrogens with zero attached hydrogens (tertiary/aromatic N) is 3. The summed E-state index contributed by atoms with van der Waals surface area (Å²) in [6, 6.07) is 57.7. The Morgan fingerprint density at radius 2 is 1.00 bits per heavy atom. The van der Waals surface area contributed by atoms with Gasteiger partial charge in [-0.2, -0.15) is 0 Å². The van der Waals surface area contributed by atoms with E-state index in [4.69, 9.17) is 14.7 Å². The Bertz CT molecular complexity index is 2480. The lowest BCUT2D eigenvalue weighted by molar-refractivity contribution is 0.477. The lowest BCUT2D eigenvalue weighted by atomic mass is 9.84. The summed E-state index contributed by atoms with van der Waals surface area (Å²) < 4.78 is 6.27. The lowest BCUT2D eigenvalue weighted by Gasteiger charge is -2.33. The van der Waals surface area contributed by atoms with Crippen molar-refractivity contribution in [2.24, 2.45) is 0 Å². The summed E-state index contributed by atoms with van der Waals surface area (Å²) >= 11 is 0. The maximum atomic E-state index is 6.27. The summed E-state index contributed by atoms with van der Waals surface area (Å²) in [6.07, 6.45) is 1.81. The molecule has 1 aliphatic carbocycles. The van der Waals surface area contributed by atoms with Gasteiger partial charge < -0.3 is 9.64 Å². The molecule has 236 valence electrons. The van der Waals surface area contributed by atoms with E-state index in [0.717, 1.165) is 75.3 Å². The smallest absolute Gasteiger partial charge is 0.160 e. The van der Waals surface area contributed by atoms with E-state index in [2.05, 4.69) is 120 Å². The minimum absolute atomic E-state index is 0.729. The van der Waals surface area contributed by atoms with Crippen molar-refractivity contribution < 1.29 is 4.74 Å². The van der Waals surface area contributed by atoms with E-state index in [1.807, 2.05) is 48.5 Å². The third-order valence-electron chi connectivity index (χ3n) is 9.92. The van der Waals surface area contributed by atoms with Gasteiger partial charge in [-0.1, -0.05) is 115 Å². The van der Waals surface area contributed by atoms with Gasteiger partial charge in [0, 0.05) is 22.4 Å². The molecule has 10 rings (SSSR count). The molecule has 0 radical (unpaired) electrons. The molecule has 1 aliphatic heterocycles. The van der Waals surface area contributed by atoms with E-state index in [1.54, 1.807) is 0 Å². The molecule has 4 nitrogen and oxygen atoms in total. The second-order valence-corrected chi connectivity index (χ2v) is 13.1. The first-order chi connectivity index (χ1) is 24.7. The Hall–Kier alpha value is -6.52. The Labute approximate surface area is 290 Å². The van der Waals surface area contributed by atoms with Crippen molar-refractivity contribution >= 4 is 27.8 Å². The predicted molar refractivity (Wildman–Crippen MR) is 203 cm³/mol. The summed E-state index contributed by atoms with van der Waals surface area (Å²) in [5, 5.41) is 2.47. The highest BCUT2D eigenvalue weighted by atomic mass is 16.5. The first-order valence-electron chi connectivity index (χ1n) is 17.1. The van der Waals surface area contributed by atoms with Gasteiger partial charge >= 0.3 is 0 Å². The molecule has 8 aromatic rings. The van der Waals surface area contributed by atoms with E-state index < -0.39 is 0 Å². The molecule has 50 heavy (non-hydrogen) atoms. The Balaban J connectivity index is 1.01. The van der Waals surface area contributed by atoms with Gasteiger partial charge in [-0.15, -0.1) is 0 Å². The standard InChI is InChI=1S/C46H31N3O/c1-3-11-30(12-4-1)40-29-41(48-46(47-40)31-13-5-2-6-14-31)34-20-19-32-23-37-27-38-28-39(22-21-33(38)24-36(37)26-35(32)25-34)49-42-15-7-9-17-44(42)50-45-18-10-8-16-43(45)49/h1-23,25-26,28-29H,24,27H2. The summed E-state index contributed by atoms with van der Waals surface area (Å²) in [4.78, 5) is 12.4. The summed E-state index contributed by atoms with van der Waals surface area (Å²) in [6.45, 7) is 0. The van der Waals surface area contributed by atoms with Crippen molar-refractivity contribution in [1.29, 1.82) is 0 Å². The van der Waals surface area contributed by atoms with Crippen LogP contribution in [-0.4, -0.2) is 9.97 Å². The molecule has 1 aromatic heterocycles. The molecule has 2 aliphatic rings. The van der Waals surface area contributed by atoms with Crippen molar-refractivity contribution in [3.05, 3.63) is 186 Å². The van der Waals surface area contributed by atoms with Crippen LogP contribution in [-0.2, 0) is 12.8 Å². The molecule has 7 aromatic carbocycles. The number of para-hydroxylation sites is 4. The van der Waals surface area contributed by atoms with Crippen LogP contribution in [0.25, 0.3) is 44.7 Å². The van der Waals surface area contributed by atoms with Gasteiger partial charge in [0.1, 0.15) is 0 Å². The van der Waals surface area contributed by atoms with Crippen LogP contribution in [0.1, 0.15) is 22.3 Å². The molecule has 0 amide bonds. The van der Waals surface area contributed by atoms with Crippen LogP contribution in [0.5, 0.6) is 11.5 Å². The topological polar surface area (TPSA) is 38.2 Å². The lowest BCUT2D eigenvalue weighted by Crippen LogP contribution is -2.16. The number of hydrogen-bond donors (Lipinski definition) is 0. The molecular weight excluding hydrogens is 611 g/mol. The third-order valence-corrected chi connectivity index (χ3v) is 9.92. The average Bonchev–Trinajstić information content (AvgIpc) is 3.18. The number of anilines is 3. The van der Waals surface area contributed by atoms with Crippen molar-refractivity contribution in [1.82, 2.24) is 9.97 Å². The zero-order chi connectivity index (χ0) is 33.0. The minimum atomic E-state index is 0.729. The van der Waals surface area contributed by atoms with Crippen molar-refractivity contribution in [2.75, 3.05) is 4.90 Å². The average molecular weight is 642 g/mol. The zero-order valence-electron chi connectivity index (χ0n) is 27.3. The van der Waals surface area contributed by atoms with Crippen molar-refractivity contribution in [3.8, 4) is 45.4 Å². The van der Waals surface area contributed by atoms with Gasteiger partial charge in [-0.05, 0) is 94.4 Å². The van der Waals surface area contributed by atoms with E-state index in [1.165, 1.54) is 33.0 Å². The first kappa shape index (κ1) is 28.5. The second kappa shape index (κ2) is 11.6. The maximum absolute atomic E-state index is 6.27. The highest BCUT2D eigenvalue weighted by molar-refractivity contribution is 5.90. The Kier molecular flexibility index (Phi) is 6.59. The number of aromatic nitrogens is 2. The fourth-order valence-corrected chi connectivity index (χ4v) is 7.43. The fraction of sp³-hybridized carbons (Fsp3) is 0.0435. The zero-order valence-corrected chi connectivity index (χ0v) is 27.3. The SMILES string of the molecule is c1ccc(-c2cc(-c3ccc4cc5c(cc4c3)Cc3ccc(N4c6ccccc6Oc6ccccc64)cc3C5)nc(-c3ccccc3)n2)cc1. The fourth-order valence-electron chi connectivity index (χ4n) is 7.43. The Morgan fingerprint density at radius 3 is 1.72 bits per heavy atom. The molecular formula is C46H31N3O. The molecule has 0 bridgehead atoms. The van der Waals surface area contributed by atoms with Gasteiger partial charge in [-0.3, -0.25) is 0 Å². The number of benzene rings is 7. The van der Waals surface area contributed by atoms with Crippen LogP contribution < -0.4 is 9.64 Å². The highest BCUT2D eigenvalue weighted by Gasteiger charge is 2.26. The van der Waals surface area contributed by atoms with Gasteiger partial charge in [-0.25, -0.2) is 9.97 Å². The molecule has 0 saturated carbocycles. The number of rotatable bonds is 4. The van der Waals surface area contributed by atoms with E-state index >= 15 is 0 Å². The summed E-state index contributed by atoms with van der Waals surface area (Å²) in [7, 11) is 0. The van der Waals surface area contributed by atoms with Gasteiger partial charge in [0.15, 0.2) is 17.3 Å². The van der Waals surface area contributed by atoms with Crippen LogP contribution in [0.2, 0.25) is 0 Å². The summed E-state index contributed by atoms with van der Waals surface area (Å²) in [5.74, 6) is 2.47. The highest BCUT2D eigenvalue weighted by Crippen LogP contribution is 2.50. The van der Waals surface area contributed by atoms with E-state index in [-0.39, 0.29) is 0 Å². The van der Waals surface area contributed by atoms with E-state index in [0.29, 0.717) is 0 Å². The molecule has 0 atom stereocenters. The van der Waals surface area contributed by atoms with Gasteiger partial charge in [0.25, 0.3) is 0 Å². The van der Waals surface area contributed by atoms with Crippen LogP contribution >= 0.6 is 0 Å². The van der Waals surface area contributed by atoms with Crippen LogP contribution in [0.3, 0.4) is 0 Å². The summed E-state index contributed by atoms with van der Waals surface area (Å²) in [5.41, 5.74) is 13.8. The molecule has 0 N–H and O–H groups in total. The molecule has 2 heterocycles. The monoisotopic (exact) mass is 641 g/mol. The number of fused-ring (bicyclic) bond motifs is 5.